The van der Waals surface area contributed by atoms with E-state index in [9.17, 15) is 14.4 Å². The van der Waals surface area contributed by atoms with E-state index in [1.807, 2.05) is 0 Å². The molecule has 0 aromatic carbocycles. The molecule has 6 nitrogen and oxygen atoms in total. The van der Waals surface area contributed by atoms with Gasteiger partial charge in [-0.05, 0) is 96.3 Å². The predicted molar refractivity (Wildman–Crippen MR) is 302 cm³/mol. The van der Waals surface area contributed by atoms with E-state index in [2.05, 4.69) is 106 Å². The molecule has 0 amide bonds. The second-order valence-electron chi connectivity index (χ2n) is 19.5. The summed E-state index contributed by atoms with van der Waals surface area (Å²) in [5.41, 5.74) is 0. The van der Waals surface area contributed by atoms with Gasteiger partial charge >= 0.3 is 17.9 Å². The summed E-state index contributed by atoms with van der Waals surface area (Å²) in [6, 6.07) is 0. The van der Waals surface area contributed by atoms with E-state index in [1.54, 1.807) is 0 Å². The highest BCUT2D eigenvalue weighted by atomic mass is 16.6. The minimum atomic E-state index is -0.794. The molecule has 70 heavy (non-hydrogen) atoms. The van der Waals surface area contributed by atoms with Gasteiger partial charge in [0, 0.05) is 19.3 Å². The van der Waals surface area contributed by atoms with Gasteiger partial charge in [-0.2, -0.15) is 0 Å². The number of ether oxygens (including phenoxy) is 3. The number of esters is 3. The van der Waals surface area contributed by atoms with E-state index >= 15 is 0 Å². The standard InChI is InChI=1S/C64H110O6/c1-4-7-10-13-16-18-20-22-24-25-26-27-28-29-30-31-32-33-34-35-36-37-38-39-41-42-44-46-48-51-54-57-63(66)69-60-61(59-68-62(65)56-53-50-15-12-9-6-3)70-64(67)58-55-52-49-47-45-43-40-23-21-19-17-14-11-8-5-2/h8,11,17,19-20,22-23,25-26,28-29,40,45,47,61H,4-7,9-10,12-16,18,21,24,27,30-39,41-44,46,48-60H2,1-3H3/b11-8-,19-17-,22-20-,26-25-,29-28-,40-23-,47-45-. The molecule has 6 heteroatoms. The topological polar surface area (TPSA) is 78.9 Å². The molecule has 0 rings (SSSR count). The molecule has 0 aromatic heterocycles. The first kappa shape index (κ1) is 66.6. The van der Waals surface area contributed by atoms with Crippen LogP contribution in [0, 0.1) is 0 Å². The molecule has 0 saturated heterocycles. The van der Waals surface area contributed by atoms with Crippen molar-refractivity contribution in [2.45, 2.75) is 290 Å². The van der Waals surface area contributed by atoms with Crippen molar-refractivity contribution in [1.29, 1.82) is 0 Å². The predicted octanol–water partition coefficient (Wildman–Crippen LogP) is 19.9. The van der Waals surface area contributed by atoms with Crippen LogP contribution in [0.3, 0.4) is 0 Å². The lowest BCUT2D eigenvalue weighted by molar-refractivity contribution is -0.167. The third kappa shape index (κ3) is 55.5. The molecular weight excluding hydrogens is 865 g/mol. The highest BCUT2D eigenvalue weighted by Crippen LogP contribution is 2.16. The van der Waals surface area contributed by atoms with E-state index in [0.29, 0.717) is 19.3 Å². The smallest absolute Gasteiger partial charge is 0.306 e. The van der Waals surface area contributed by atoms with Gasteiger partial charge in [0.15, 0.2) is 6.10 Å². The molecule has 0 bridgehead atoms. The number of carbonyl (C=O) groups is 3. The number of hydrogen-bond donors (Lipinski definition) is 0. The molecule has 0 fully saturated rings. The van der Waals surface area contributed by atoms with Crippen LogP contribution in [0.15, 0.2) is 85.1 Å². The van der Waals surface area contributed by atoms with Crippen molar-refractivity contribution in [3.8, 4) is 0 Å². The van der Waals surface area contributed by atoms with Crippen LogP contribution in [0.1, 0.15) is 284 Å². The first-order valence-corrected chi connectivity index (χ1v) is 29.6. The van der Waals surface area contributed by atoms with Crippen molar-refractivity contribution >= 4 is 17.9 Å². The fourth-order valence-electron chi connectivity index (χ4n) is 8.21. The van der Waals surface area contributed by atoms with Gasteiger partial charge in [0.1, 0.15) is 13.2 Å². The Morgan fingerprint density at radius 1 is 0.300 bits per heavy atom. The Labute approximate surface area is 433 Å². The Bertz CT molecular complexity index is 1350. The molecule has 402 valence electrons. The van der Waals surface area contributed by atoms with E-state index in [0.717, 1.165) is 89.9 Å². The van der Waals surface area contributed by atoms with Crippen molar-refractivity contribution in [3.63, 3.8) is 0 Å². The molecule has 0 aliphatic carbocycles. The summed E-state index contributed by atoms with van der Waals surface area (Å²) >= 11 is 0. The van der Waals surface area contributed by atoms with Crippen molar-refractivity contribution < 1.29 is 28.6 Å². The van der Waals surface area contributed by atoms with E-state index in [4.69, 9.17) is 14.2 Å². The lowest BCUT2D eigenvalue weighted by Crippen LogP contribution is -2.30. The summed E-state index contributed by atoms with van der Waals surface area (Å²) < 4.78 is 16.7. The molecule has 0 saturated carbocycles. The third-order valence-electron chi connectivity index (χ3n) is 12.6. The van der Waals surface area contributed by atoms with Gasteiger partial charge in [-0.3, -0.25) is 14.4 Å². The highest BCUT2D eigenvalue weighted by molar-refractivity contribution is 5.71. The van der Waals surface area contributed by atoms with Gasteiger partial charge in [-0.15, -0.1) is 0 Å². The molecular formula is C64H110O6. The lowest BCUT2D eigenvalue weighted by Gasteiger charge is -2.18. The molecule has 0 spiro atoms. The Morgan fingerprint density at radius 2 is 0.557 bits per heavy atom. The minimum absolute atomic E-state index is 0.0916. The van der Waals surface area contributed by atoms with Crippen LogP contribution in [0.2, 0.25) is 0 Å². The van der Waals surface area contributed by atoms with Crippen molar-refractivity contribution in [2.24, 2.45) is 0 Å². The largest absolute Gasteiger partial charge is 0.462 e. The molecule has 0 aliphatic rings. The number of hydrogen-bond acceptors (Lipinski definition) is 6. The van der Waals surface area contributed by atoms with Crippen molar-refractivity contribution in [3.05, 3.63) is 85.1 Å². The summed E-state index contributed by atoms with van der Waals surface area (Å²) in [6.07, 6.45) is 76.3. The van der Waals surface area contributed by atoms with Gasteiger partial charge in [0.05, 0.1) is 0 Å². The van der Waals surface area contributed by atoms with Gasteiger partial charge in [0.2, 0.25) is 0 Å². The molecule has 1 atom stereocenters. The summed E-state index contributed by atoms with van der Waals surface area (Å²) in [7, 11) is 0. The highest BCUT2D eigenvalue weighted by Gasteiger charge is 2.19. The zero-order valence-electron chi connectivity index (χ0n) is 46.0. The van der Waals surface area contributed by atoms with Crippen LogP contribution in [0.25, 0.3) is 0 Å². The quantitative estimate of drug-likeness (QED) is 0.0261. The average molecular weight is 976 g/mol. The van der Waals surface area contributed by atoms with Gasteiger partial charge in [-0.25, -0.2) is 0 Å². The number of unbranched alkanes of at least 4 members (excludes halogenated alkanes) is 28. The van der Waals surface area contributed by atoms with Crippen LogP contribution in [-0.2, 0) is 28.6 Å². The molecule has 0 heterocycles. The zero-order valence-corrected chi connectivity index (χ0v) is 46.0. The SMILES string of the molecule is CC/C=C\C/C=C\C/C=C\C/C=C\CCCCC(=O)OC(COC(=O)CCCCCCCC)COC(=O)CCCCCCCCCCCCCCCCCC/C=C\C/C=C\C/C=C\CCCCCCC. The third-order valence-corrected chi connectivity index (χ3v) is 12.6. The Morgan fingerprint density at radius 3 is 0.900 bits per heavy atom. The molecule has 1 unspecified atom stereocenters. The summed E-state index contributed by atoms with van der Waals surface area (Å²) in [5.74, 6) is -0.940. The van der Waals surface area contributed by atoms with Gasteiger partial charge < -0.3 is 14.2 Å². The first-order chi connectivity index (χ1) is 34.5. The number of carbonyl (C=O) groups excluding carboxylic acids is 3. The number of rotatable bonds is 53. The van der Waals surface area contributed by atoms with Crippen LogP contribution in [0.4, 0.5) is 0 Å². The van der Waals surface area contributed by atoms with Crippen molar-refractivity contribution in [1.82, 2.24) is 0 Å². The van der Waals surface area contributed by atoms with Crippen molar-refractivity contribution in [2.75, 3.05) is 13.2 Å². The van der Waals surface area contributed by atoms with E-state index in [-0.39, 0.29) is 37.5 Å². The van der Waals surface area contributed by atoms with Crippen LogP contribution >= 0.6 is 0 Å². The van der Waals surface area contributed by atoms with Gasteiger partial charge in [-0.1, -0.05) is 254 Å². The molecule has 0 aromatic rings. The Kier molecular flexibility index (Phi) is 55.3. The summed E-state index contributed by atoms with van der Waals surface area (Å²) in [5, 5.41) is 0. The maximum Gasteiger partial charge on any atom is 0.306 e. The molecule has 0 radical (unpaired) electrons. The fourth-order valence-corrected chi connectivity index (χ4v) is 8.21. The van der Waals surface area contributed by atoms with Crippen LogP contribution in [0.5, 0.6) is 0 Å². The van der Waals surface area contributed by atoms with Gasteiger partial charge in [0.25, 0.3) is 0 Å². The second-order valence-corrected chi connectivity index (χ2v) is 19.5. The number of allylic oxidation sites excluding steroid dienone is 14. The summed E-state index contributed by atoms with van der Waals surface area (Å²) in [6.45, 7) is 6.43. The molecule has 0 aliphatic heterocycles. The summed E-state index contributed by atoms with van der Waals surface area (Å²) in [4.78, 5) is 37.8. The zero-order chi connectivity index (χ0) is 50.7. The second kappa shape index (κ2) is 58.2. The van der Waals surface area contributed by atoms with Crippen LogP contribution < -0.4 is 0 Å². The fraction of sp³-hybridized carbons (Fsp3) is 0.734. The lowest BCUT2D eigenvalue weighted by atomic mass is 10.0. The molecule has 0 N–H and O–H groups in total. The maximum atomic E-state index is 12.7. The Hall–Kier alpha value is -3.41. The van der Waals surface area contributed by atoms with E-state index < -0.39 is 6.10 Å². The average Bonchev–Trinajstić information content (AvgIpc) is 3.36. The van der Waals surface area contributed by atoms with Crippen LogP contribution in [-0.4, -0.2) is 37.2 Å². The monoisotopic (exact) mass is 975 g/mol. The Balaban J connectivity index is 4.04. The first-order valence-electron chi connectivity index (χ1n) is 29.6. The minimum Gasteiger partial charge on any atom is -0.462 e. The maximum absolute atomic E-state index is 12.7. The normalized spacial score (nSPS) is 12.7. The van der Waals surface area contributed by atoms with E-state index in [1.165, 1.54) is 148 Å².